The normalized spacial score (nSPS) is 21.2. The molecule has 1 aliphatic carbocycles. The third-order valence-corrected chi connectivity index (χ3v) is 2.85. The molecule has 0 unspecified atom stereocenters. The number of carbonyl (C=O) groups is 2. The molecule has 1 aliphatic heterocycles. The Morgan fingerprint density at radius 3 is 2.62 bits per heavy atom. The van der Waals surface area contributed by atoms with Gasteiger partial charge in [-0.3, -0.25) is 9.59 Å². The van der Waals surface area contributed by atoms with E-state index in [1.54, 1.807) is 0 Å². The second kappa shape index (κ2) is 3.19. The SMILES string of the molecule is CC1=CC2=C(C=NOC2)C1(C(=O)O)C(=O)O. The van der Waals surface area contributed by atoms with Gasteiger partial charge in [-0.15, -0.1) is 0 Å². The fraction of sp³-hybridized carbons (Fsp3) is 0.300. The van der Waals surface area contributed by atoms with Gasteiger partial charge in [0.25, 0.3) is 0 Å². The maximum absolute atomic E-state index is 11.3. The third kappa shape index (κ3) is 1.04. The number of aliphatic carboxylic acids is 2. The lowest BCUT2D eigenvalue weighted by molar-refractivity contribution is -0.158. The van der Waals surface area contributed by atoms with Gasteiger partial charge in [0.1, 0.15) is 6.61 Å². The van der Waals surface area contributed by atoms with Crippen LogP contribution in [0, 0.1) is 5.41 Å². The van der Waals surface area contributed by atoms with E-state index in [1.165, 1.54) is 13.0 Å². The molecule has 0 aromatic heterocycles. The lowest BCUT2D eigenvalue weighted by Gasteiger charge is -2.24. The number of carboxylic acids is 2. The van der Waals surface area contributed by atoms with Crippen LogP contribution in [-0.4, -0.2) is 35.0 Å². The molecular formula is C10H9NO5. The quantitative estimate of drug-likeness (QED) is 0.661. The zero-order valence-electron chi connectivity index (χ0n) is 8.43. The maximum Gasteiger partial charge on any atom is 0.329 e. The van der Waals surface area contributed by atoms with Crippen molar-refractivity contribution in [3.63, 3.8) is 0 Å². The molecule has 0 bridgehead atoms. The van der Waals surface area contributed by atoms with Gasteiger partial charge in [0.15, 0.2) is 0 Å². The van der Waals surface area contributed by atoms with Gasteiger partial charge in [-0.25, -0.2) is 0 Å². The molecule has 2 rings (SSSR count). The van der Waals surface area contributed by atoms with Crippen molar-refractivity contribution in [2.45, 2.75) is 6.92 Å². The molecule has 0 fully saturated rings. The van der Waals surface area contributed by atoms with Gasteiger partial charge in [-0.1, -0.05) is 11.2 Å². The Kier molecular flexibility index (Phi) is 2.08. The lowest BCUT2D eigenvalue weighted by atomic mass is 9.77. The second-order valence-electron chi connectivity index (χ2n) is 3.63. The topological polar surface area (TPSA) is 96.2 Å². The Morgan fingerprint density at radius 2 is 2.06 bits per heavy atom. The molecule has 6 nitrogen and oxygen atoms in total. The Labute approximate surface area is 90.5 Å². The molecule has 0 spiro atoms. The van der Waals surface area contributed by atoms with Crippen LogP contribution in [0.1, 0.15) is 6.92 Å². The zero-order chi connectivity index (χ0) is 11.9. The van der Waals surface area contributed by atoms with Gasteiger partial charge in [0.05, 0.1) is 6.21 Å². The van der Waals surface area contributed by atoms with Gasteiger partial charge in [0.2, 0.25) is 5.41 Å². The number of hydrogen-bond donors (Lipinski definition) is 2. The summed E-state index contributed by atoms with van der Waals surface area (Å²) in [5.74, 6) is -2.82. The molecule has 2 aliphatic rings. The molecule has 0 aromatic rings. The Morgan fingerprint density at radius 1 is 1.44 bits per heavy atom. The van der Waals surface area contributed by atoms with E-state index in [0.29, 0.717) is 5.57 Å². The molecule has 6 heteroatoms. The molecule has 0 aromatic carbocycles. The molecule has 1 heterocycles. The molecular weight excluding hydrogens is 214 g/mol. The summed E-state index contributed by atoms with van der Waals surface area (Å²) in [6.45, 7) is 1.58. The summed E-state index contributed by atoms with van der Waals surface area (Å²) in [4.78, 5) is 27.3. The number of oxime groups is 1. The van der Waals surface area contributed by atoms with E-state index in [0.717, 1.165) is 6.21 Å². The van der Waals surface area contributed by atoms with Crippen molar-refractivity contribution in [2.75, 3.05) is 6.61 Å². The van der Waals surface area contributed by atoms with E-state index < -0.39 is 17.4 Å². The lowest BCUT2D eigenvalue weighted by Crippen LogP contribution is -2.41. The van der Waals surface area contributed by atoms with E-state index >= 15 is 0 Å². The van der Waals surface area contributed by atoms with Crippen LogP contribution < -0.4 is 0 Å². The standard InChI is InChI=1S/C10H9NO5/c1-5-2-6-4-16-11-3-7(6)10(5,8(12)13)9(14)15/h2-3H,4H2,1H3,(H,12,13)(H,14,15). The summed E-state index contributed by atoms with van der Waals surface area (Å²) < 4.78 is 0. The summed E-state index contributed by atoms with van der Waals surface area (Å²) >= 11 is 0. The first-order chi connectivity index (χ1) is 7.51. The summed E-state index contributed by atoms with van der Waals surface area (Å²) in [7, 11) is 0. The summed E-state index contributed by atoms with van der Waals surface area (Å²) in [5.41, 5.74) is -1.02. The third-order valence-electron chi connectivity index (χ3n) is 2.85. The molecule has 0 saturated carbocycles. The molecule has 0 amide bonds. The largest absolute Gasteiger partial charge is 0.480 e. The highest BCUT2D eigenvalue weighted by atomic mass is 16.6. The highest BCUT2D eigenvalue weighted by molar-refractivity contribution is 6.13. The first kappa shape index (κ1) is 10.4. The van der Waals surface area contributed by atoms with Crippen molar-refractivity contribution in [2.24, 2.45) is 10.6 Å². The van der Waals surface area contributed by atoms with Crippen LogP contribution in [0.2, 0.25) is 0 Å². The smallest absolute Gasteiger partial charge is 0.329 e. The first-order valence-corrected chi connectivity index (χ1v) is 4.55. The Hall–Kier alpha value is -2.11. The number of nitrogens with zero attached hydrogens (tertiary/aromatic N) is 1. The fourth-order valence-electron chi connectivity index (χ4n) is 2.06. The predicted octanol–water partition coefficient (Wildman–Crippen LogP) is 0.414. The molecule has 2 N–H and O–H groups in total. The van der Waals surface area contributed by atoms with Crippen LogP contribution in [0.3, 0.4) is 0 Å². The van der Waals surface area contributed by atoms with E-state index in [-0.39, 0.29) is 17.8 Å². The molecule has 84 valence electrons. The van der Waals surface area contributed by atoms with Crippen molar-refractivity contribution < 1.29 is 24.6 Å². The van der Waals surface area contributed by atoms with E-state index in [1.807, 2.05) is 0 Å². The van der Waals surface area contributed by atoms with Crippen molar-refractivity contribution in [3.05, 3.63) is 22.8 Å². The van der Waals surface area contributed by atoms with Crippen molar-refractivity contribution in [1.29, 1.82) is 0 Å². The number of rotatable bonds is 2. The summed E-state index contributed by atoms with van der Waals surface area (Å²) in [5, 5.41) is 21.8. The highest BCUT2D eigenvalue weighted by Crippen LogP contribution is 2.44. The molecule has 0 saturated heterocycles. The van der Waals surface area contributed by atoms with Crippen LogP contribution in [0.5, 0.6) is 0 Å². The van der Waals surface area contributed by atoms with Crippen LogP contribution in [-0.2, 0) is 14.4 Å². The van der Waals surface area contributed by atoms with Crippen LogP contribution in [0.15, 0.2) is 28.0 Å². The van der Waals surface area contributed by atoms with Crippen LogP contribution in [0.25, 0.3) is 0 Å². The van der Waals surface area contributed by atoms with Gasteiger partial charge in [-0.2, -0.15) is 0 Å². The maximum atomic E-state index is 11.3. The minimum Gasteiger partial charge on any atom is -0.480 e. The highest BCUT2D eigenvalue weighted by Gasteiger charge is 2.55. The van der Waals surface area contributed by atoms with Crippen molar-refractivity contribution >= 4 is 18.2 Å². The molecule has 0 radical (unpaired) electrons. The zero-order valence-corrected chi connectivity index (χ0v) is 8.43. The van der Waals surface area contributed by atoms with E-state index in [2.05, 4.69) is 5.16 Å². The summed E-state index contributed by atoms with van der Waals surface area (Å²) in [6, 6.07) is 0. The minimum atomic E-state index is -2.01. The first-order valence-electron chi connectivity index (χ1n) is 4.55. The number of carboxylic acid groups (broad SMARTS) is 2. The fourth-order valence-corrected chi connectivity index (χ4v) is 2.06. The van der Waals surface area contributed by atoms with Crippen molar-refractivity contribution in [3.8, 4) is 0 Å². The summed E-state index contributed by atoms with van der Waals surface area (Å²) in [6.07, 6.45) is 2.69. The molecule has 0 atom stereocenters. The van der Waals surface area contributed by atoms with E-state index in [4.69, 9.17) is 4.84 Å². The van der Waals surface area contributed by atoms with E-state index in [9.17, 15) is 19.8 Å². The monoisotopic (exact) mass is 223 g/mol. The average molecular weight is 223 g/mol. The van der Waals surface area contributed by atoms with Crippen molar-refractivity contribution in [1.82, 2.24) is 0 Å². The Balaban J connectivity index is 2.67. The Bertz CT molecular complexity index is 458. The van der Waals surface area contributed by atoms with Crippen LogP contribution in [0.4, 0.5) is 0 Å². The van der Waals surface area contributed by atoms with Gasteiger partial charge in [-0.05, 0) is 18.1 Å². The van der Waals surface area contributed by atoms with Gasteiger partial charge in [0, 0.05) is 5.57 Å². The average Bonchev–Trinajstić information content (AvgIpc) is 2.50. The van der Waals surface area contributed by atoms with Gasteiger partial charge < -0.3 is 15.1 Å². The minimum absolute atomic E-state index is 0.103. The second-order valence-corrected chi connectivity index (χ2v) is 3.63. The molecule has 16 heavy (non-hydrogen) atoms. The predicted molar refractivity (Wildman–Crippen MR) is 52.9 cm³/mol. The number of hydrogen-bond acceptors (Lipinski definition) is 4. The van der Waals surface area contributed by atoms with Gasteiger partial charge >= 0.3 is 11.9 Å². The van der Waals surface area contributed by atoms with Crippen LogP contribution >= 0.6 is 0 Å².